The molecule has 1 aliphatic carbocycles. The number of ether oxygens (including phenoxy) is 1. The molecule has 1 aliphatic heterocycles. The van der Waals surface area contributed by atoms with Crippen molar-refractivity contribution in [1.29, 1.82) is 0 Å². The lowest BCUT2D eigenvalue weighted by Gasteiger charge is -2.06. The van der Waals surface area contributed by atoms with Crippen LogP contribution in [0.25, 0.3) is 0 Å². The van der Waals surface area contributed by atoms with Gasteiger partial charge in [0.25, 0.3) is 0 Å². The summed E-state index contributed by atoms with van der Waals surface area (Å²) >= 11 is 0. The fourth-order valence-electron chi connectivity index (χ4n) is 1.29. The summed E-state index contributed by atoms with van der Waals surface area (Å²) in [6, 6.07) is 0. The zero-order valence-electron chi connectivity index (χ0n) is 5.60. The molecule has 52 valence electrons. The lowest BCUT2D eigenvalue weighted by Crippen LogP contribution is -2.22. The fourth-order valence-corrected chi connectivity index (χ4v) is 1.29. The van der Waals surface area contributed by atoms with Gasteiger partial charge in [0.2, 0.25) is 0 Å². The van der Waals surface area contributed by atoms with Gasteiger partial charge in [-0.2, -0.15) is 0 Å². The molecule has 1 saturated carbocycles. The first-order valence-electron chi connectivity index (χ1n) is 3.80. The minimum Gasteiger partial charge on any atom is -0.362 e. The molecule has 9 heavy (non-hydrogen) atoms. The van der Waals surface area contributed by atoms with Gasteiger partial charge in [0, 0.05) is 6.54 Å². The maximum Gasteiger partial charge on any atom is 0.108 e. The summed E-state index contributed by atoms with van der Waals surface area (Å²) in [5.41, 5.74) is 0. The van der Waals surface area contributed by atoms with E-state index >= 15 is 0 Å². The van der Waals surface area contributed by atoms with E-state index in [4.69, 9.17) is 4.74 Å². The van der Waals surface area contributed by atoms with Gasteiger partial charge in [-0.15, -0.1) is 0 Å². The number of rotatable bonds is 2. The van der Waals surface area contributed by atoms with Crippen molar-refractivity contribution >= 4 is 0 Å². The predicted molar refractivity (Wildman–Crippen MR) is 35.1 cm³/mol. The van der Waals surface area contributed by atoms with Crippen LogP contribution in [0.15, 0.2) is 0 Å². The number of nitrogens with one attached hydrogen (secondary N) is 1. The molecule has 0 bridgehead atoms. The topological polar surface area (TPSA) is 21.3 Å². The van der Waals surface area contributed by atoms with Crippen LogP contribution in [-0.4, -0.2) is 19.4 Å². The van der Waals surface area contributed by atoms with E-state index in [-0.39, 0.29) is 0 Å². The highest BCUT2D eigenvalue weighted by Crippen LogP contribution is 2.33. The molecule has 1 saturated heterocycles. The van der Waals surface area contributed by atoms with Crippen LogP contribution < -0.4 is 5.32 Å². The molecule has 0 radical (unpaired) electrons. The van der Waals surface area contributed by atoms with Crippen LogP contribution in [0.1, 0.15) is 19.3 Å². The zero-order chi connectivity index (χ0) is 6.10. The Bertz CT molecular complexity index is 95.1. The number of hydrogen-bond acceptors (Lipinski definition) is 2. The molecule has 1 unspecified atom stereocenters. The second-order valence-electron chi connectivity index (χ2n) is 2.99. The van der Waals surface area contributed by atoms with Crippen LogP contribution in [0.2, 0.25) is 0 Å². The monoisotopic (exact) mass is 127 g/mol. The van der Waals surface area contributed by atoms with Gasteiger partial charge in [-0.05, 0) is 12.3 Å². The molecule has 0 spiro atoms. The summed E-state index contributed by atoms with van der Waals surface area (Å²) in [6.07, 6.45) is 4.51. The van der Waals surface area contributed by atoms with Crippen LogP contribution in [0, 0.1) is 5.92 Å². The van der Waals surface area contributed by atoms with E-state index in [1.54, 1.807) is 0 Å². The van der Waals surface area contributed by atoms with Crippen molar-refractivity contribution in [3.63, 3.8) is 0 Å². The van der Waals surface area contributed by atoms with Crippen molar-refractivity contribution in [3.8, 4) is 0 Å². The third-order valence-corrected chi connectivity index (χ3v) is 2.04. The third-order valence-electron chi connectivity index (χ3n) is 2.04. The Morgan fingerprint density at radius 2 is 2.33 bits per heavy atom. The lowest BCUT2D eigenvalue weighted by atomic mass is 10.3. The maximum atomic E-state index is 5.39. The van der Waals surface area contributed by atoms with Gasteiger partial charge in [0.1, 0.15) is 6.23 Å². The summed E-state index contributed by atoms with van der Waals surface area (Å²) in [5.74, 6) is 0.987. The van der Waals surface area contributed by atoms with Crippen molar-refractivity contribution in [3.05, 3.63) is 0 Å². The van der Waals surface area contributed by atoms with Crippen molar-refractivity contribution < 1.29 is 4.74 Å². The summed E-state index contributed by atoms with van der Waals surface area (Å²) in [4.78, 5) is 0. The Labute approximate surface area is 55.6 Å². The van der Waals surface area contributed by atoms with Crippen LogP contribution in [0.3, 0.4) is 0 Å². The summed E-state index contributed by atoms with van der Waals surface area (Å²) in [6.45, 7) is 1.97. The van der Waals surface area contributed by atoms with E-state index in [0.29, 0.717) is 6.23 Å². The van der Waals surface area contributed by atoms with Crippen molar-refractivity contribution in [2.75, 3.05) is 13.2 Å². The Morgan fingerprint density at radius 3 is 2.89 bits per heavy atom. The molecule has 1 atom stereocenters. The first-order chi connectivity index (χ1) is 4.45. The van der Waals surface area contributed by atoms with Gasteiger partial charge in [-0.25, -0.2) is 0 Å². The van der Waals surface area contributed by atoms with Crippen LogP contribution in [0.4, 0.5) is 0 Å². The molecule has 1 N–H and O–H groups in total. The SMILES string of the molecule is C1COC(CC2CC2)N1. The van der Waals surface area contributed by atoms with Gasteiger partial charge in [0.15, 0.2) is 0 Å². The Morgan fingerprint density at radius 1 is 1.44 bits per heavy atom. The van der Waals surface area contributed by atoms with Gasteiger partial charge in [0.05, 0.1) is 6.61 Å². The van der Waals surface area contributed by atoms with Gasteiger partial charge >= 0.3 is 0 Å². The quantitative estimate of drug-likeness (QED) is 0.590. The first-order valence-corrected chi connectivity index (χ1v) is 3.80. The van der Waals surface area contributed by atoms with E-state index in [2.05, 4.69) is 5.32 Å². The minimum atomic E-state index is 0.400. The largest absolute Gasteiger partial charge is 0.362 e. The molecular weight excluding hydrogens is 114 g/mol. The van der Waals surface area contributed by atoms with Gasteiger partial charge < -0.3 is 4.74 Å². The first kappa shape index (κ1) is 5.69. The van der Waals surface area contributed by atoms with Crippen LogP contribution >= 0.6 is 0 Å². The Hall–Kier alpha value is -0.0800. The Kier molecular flexibility index (Phi) is 1.44. The minimum absolute atomic E-state index is 0.400. The summed E-state index contributed by atoms with van der Waals surface area (Å²) < 4.78 is 5.39. The predicted octanol–water partition coefficient (Wildman–Crippen LogP) is 0.732. The summed E-state index contributed by atoms with van der Waals surface area (Å²) in [7, 11) is 0. The molecule has 2 nitrogen and oxygen atoms in total. The third kappa shape index (κ3) is 1.43. The van der Waals surface area contributed by atoms with Crippen molar-refractivity contribution in [2.24, 2.45) is 5.92 Å². The van der Waals surface area contributed by atoms with Gasteiger partial charge in [-0.3, -0.25) is 5.32 Å². The van der Waals surface area contributed by atoms with E-state index in [0.717, 1.165) is 19.1 Å². The van der Waals surface area contributed by atoms with E-state index in [1.807, 2.05) is 0 Å². The molecule has 0 aromatic carbocycles. The average Bonchev–Trinajstić information content (AvgIpc) is 2.46. The molecule has 2 aliphatic rings. The van der Waals surface area contributed by atoms with Crippen molar-refractivity contribution in [1.82, 2.24) is 5.32 Å². The Balaban J connectivity index is 1.70. The second-order valence-corrected chi connectivity index (χ2v) is 2.99. The smallest absolute Gasteiger partial charge is 0.108 e. The average molecular weight is 127 g/mol. The van der Waals surface area contributed by atoms with E-state index in [1.165, 1.54) is 19.3 Å². The summed E-state index contributed by atoms with van der Waals surface area (Å²) in [5, 5.41) is 3.31. The molecular formula is C7H13NO. The molecule has 0 amide bonds. The van der Waals surface area contributed by atoms with Crippen molar-refractivity contribution in [2.45, 2.75) is 25.5 Å². The molecule has 2 rings (SSSR count). The molecule has 2 fully saturated rings. The van der Waals surface area contributed by atoms with Gasteiger partial charge in [-0.1, -0.05) is 12.8 Å². The highest BCUT2D eigenvalue weighted by atomic mass is 16.5. The zero-order valence-corrected chi connectivity index (χ0v) is 5.60. The normalized spacial score (nSPS) is 35.3. The highest BCUT2D eigenvalue weighted by molar-refractivity contribution is 4.77. The van der Waals surface area contributed by atoms with E-state index < -0.39 is 0 Å². The molecule has 0 aromatic heterocycles. The molecule has 1 heterocycles. The second kappa shape index (κ2) is 2.27. The molecule has 2 heteroatoms. The standard InChI is InChI=1S/C7H13NO/c1-2-6(1)5-7-8-3-4-9-7/h6-8H,1-5H2. The molecule has 0 aromatic rings. The number of hydrogen-bond donors (Lipinski definition) is 1. The lowest BCUT2D eigenvalue weighted by molar-refractivity contribution is 0.0896. The van der Waals surface area contributed by atoms with Crippen LogP contribution in [0.5, 0.6) is 0 Å². The van der Waals surface area contributed by atoms with Crippen LogP contribution in [-0.2, 0) is 4.74 Å². The fraction of sp³-hybridized carbons (Fsp3) is 1.00. The maximum absolute atomic E-state index is 5.39. The highest BCUT2D eigenvalue weighted by Gasteiger charge is 2.27. The van der Waals surface area contributed by atoms with E-state index in [9.17, 15) is 0 Å².